The van der Waals surface area contributed by atoms with Crippen molar-refractivity contribution in [2.24, 2.45) is 11.8 Å². The topological polar surface area (TPSA) is 95.9 Å². The zero-order valence-electron chi connectivity index (χ0n) is 19.8. The Labute approximate surface area is 205 Å². The van der Waals surface area contributed by atoms with Crippen LogP contribution < -0.4 is 5.32 Å². The van der Waals surface area contributed by atoms with Crippen LogP contribution in [0.4, 0.5) is 4.79 Å². The van der Waals surface area contributed by atoms with Gasteiger partial charge in [-0.2, -0.15) is 0 Å². The molecule has 5 rings (SSSR count). The van der Waals surface area contributed by atoms with Gasteiger partial charge in [0.15, 0.2) is 0 Å². The van der Waals surface area contributed by atoms with Crippen LogP contribution in [0.25, 0.3) is 11.1 Å². The van der Waals surface area contributed by atoms with Gasteiger partial charge in [0.05, 0.1) is 5.92 Å². The average Bonchev–Trinajstić information content (AvgIpc) is 3.44. The fourth-order valence-corrected chi connectivity index (χ4v) is 6.16. The smallest absolute Gasteiger partial charge is 0.407 e. The summed E-state index contributed by atoms with van der Waals surface area (Å²) in [6, 6.07) is 16.5. The molecule has 0 radical (unpaired) electrons. The molecule has 0 bridgehead atoms. The lowest BCUT2D eigenvalue weighted by Gasteiger charge is -2.34. The van der Waals surface area contributed by atoms with E-state index < -0.39 is 12.1 Å². The highest BCUT2D eigenvalue weighted by molar-refractivity contribution is 5.79. The van der Waals surface area contributed by atoms with E-state index in [0.29, 0.717) is 44.7 Å². The van der Waals surface area contributed by atoms with Crippen molar-refractivity contribution in [2.75, 3.05) is 19.7 Å². The minimum atomic E-state index is -0.755. The van der Waals surface area contributed by atoms with Gasteiger partial charge in [-0.15, -0.1) is 0 Å². The number of carboxylic acid groups (broad SMARTS) is 1. The molecule has 0 spiro atoms. The molecular formula is C28H32N2O5. The first kappa shape index (κ1) is 23.4. The minimum absolute atomic E-state index is 0.0166. The maximum absolute atomic E-state index is 12.8. The summed E-state index contributed by atoms with van der Waals surface area (Å²) in [4.78, 5) is 38.4. The van der Waals surface area contributed by atoms with E-state index >= 15 is 0 Å². The molecular weight excluding hydrogens is 444 g/mol. The summed E-state index contributed by atoms with van der Waals surface area (Å²) in [5.74, 6) is -0.607. The molecule has 7 nitrogen and oxygen atoms in total. The number of hydrogen-bond acceptors (Lipinski definition) is 4. The molecule has 2 fully saturated rings. The SMILES string of the molecule is O=C(NCCCC(=O)N1CCC2CCC(C(=O)O)CC21)OCC1c2ccccc2-c2ccccc21. The van der Waals surface area contributed by atoms with Gasteiger partial charge in [-0.25, -0.2) is 4.79 Å². The van der Waals surface area contributed by atoms with Gasteiger partial charge in [0.1, 0.15) is 6.61 Å². The number of rotatable bonds is 7. The lowest BCUT2D eigenvalue weighted by molar-refractivity contribution is -0.145. The first-order valence-electron chi connectivity index (χ1n) is 12.6. The summed E-state index contributed by atoms with van der Waals surface area (Å²) in [6.07, 6.45) is 3.50. The van der Waals surface area contributed by atoms with E-state index in [1.807, 2.05) is 29.2 Å². The molecule has 2 N–H and O–H groups in total. The second kappa shape index (κ2) is 10.1. The van der Waals surface area contributed by atoms with Crippen LogP contribution in [0.3, 0.4) is 0 Å². The molecule has 3 atom stereocenters. The maximum Gasteiger partial charge on any atom is 0.407 e. The van der Waals surface area contributed by atoms with Crippen LogP contribution in [-0.2, 0) is 14.3 Å². The Bertz CT molecular complexity index is 1070. The van der Waals surface area contributed by atoms with Gasteiger partial charge < -0.3 is 20.1 Å². The summed E-state index contributed by atoms with van der Waals surface area (Å²) in [5, 5.41) is 12.1. The monoisotopic (exact) mass is 476 g/mol. The van der Waals surface area contributed by atoms with Crippen LogP contribution >= 0.6 is 0 Å². The van der Waals surface area contributed by atoms with Crippen molar-refractivity contribution in [3.8, 4) is 11.1 Å². The van der Waals surface area contributed by atoms with E-state index in [1.165, 1.54) is 22.3 Å². The number of hydrogen-bond donors (Lipinski definition) is 2. The molecule has 35 heavy (non-hydrogen) atoms. The first-order valence-corrected chi connectivity index (χ1v) is 12.6. The Kier molecular flexibility index (Phi) is 6.75. The predicted molar refractivity (Wildman–Crippen MR) is 131 cm³/mol. The molecule has 2 aromatic rings. The van der Waals surface area contributed by atoms with Crippen LogP contribution in [0.15, 0.2) is 48.5 Å². The largest absolute Gasteiger partial charge is 0.481 e. The number of ether oxygens (including phenoxy) is 1. The number of likely N-dealkylation sites (tertiary alicyclic amines) is 1. The van der Waals surface area contributed by atoms with E-state index in [1.54, 1.807) is 0 Å². The van der Waals surface area contributed by atoms with Gasteiger partial charge >= 0.3 is 12.1 Å². The van der Waals surface area contributed by atoms with Gasteiger partial charge in [-0.05, 0) is 60.3 Å². The summed E-state index contributed by atoms with van der Waals surface area (Å²) in [5.41, 5.74) is 4.72. The van der Waals surface area contributed by atoms with E-state index in [0.717, 1.165) is 12.8 Å². The van der Waals surface area contributed by atoms with Crippen molar-refractivity contribution in [1.82, 2.24) is 10.2 Å². The third kappa shape index (κ3) is 4.77. The van der Waals surface area contributed by atoms with E-state index in [2.05, 4.69) is 29.6 Å². The molecule has 1 heterocycles. The first-order chi connectivity index (χ1) is 17.0. The standard InChI is InChI=1S/C28H32N2O5/c31-26(30-15-13-18-11-12-19(27(32)33)16-25(18)30)10-5-14-29-28(34)35-17-24-22-8-3-1-6-20(22)21-7-2-4-9-23(21)24/h1-4,6-9,18-19,24-25H,5,10-17H2,(H,29,34)(H,32,33). The molecule has 1 saturated carbocycles. The highest BCUT2D eigenvalue weighted by Crippen LogP contribution is 2.44. The molecule has 3 unspecified atom stereocenters. The third-order valence-electron chi connectivity index (χ3n) is 7.95. The molecule has 2 aromatic carbocycles. The van der Waals surface area contributed by atoms with Gasteiger partial charge in [0.25, 0.3) is 0 Å². The maximum atomic E-state index is 12.8. The quantitative estimate of drug-likeness (QED) is 0.577. The molecule has 7 heteroatoms. The number of amides is 2. The normalized spacial score (nSPS) is 22.7. The van der Waals surface area contributed by atoms with Gasteiger partial charge in [-0.1, -0.05) is 48.5 Å². The number of alkyl carbamates (subject to hydrolysis) is 1. The number of aliphatic carboxylic acids is 1. The molecule has 184 valence electrons. The van der Waals surface area contributed by atoms with E-state index in [-0.39, 0.29) is 30.4 Å². The van der Waals surface area contributed by atoms with Crippen LogP contribution in [0.5, 0.6) is 0 Å². The summed E-state index contributed by atoms with van der Waals surface area (Å²) < 4.78 is 5.55. The summed E-state index contributed by atoms with van der Waals surface area (Å²) in [6.45, 7) is 1.34. The lowest BCUT2D eigenvalue weighted by atomic mass is 9.78. The number of carbonyl (C=O) groups excluding carboxylic acids is 2. The van der Waals surface area contributed by atoms with Crippen molar-refractivity contribution < 1.29 is 24.2 Å². The molecule has 3 aliphatic rings. The van der Waals surface area contributed by atoms with Crippen molar-refractivity contribution in [3.63, 3.8) is 0 Å². The Morgan fingerprint density at radius 2 is 1.66 bits per heavy atom. The molecule has 1 saturated heterocycles. The third-order valence-corrected chi connectivity index (χ3v) is 7.95. The lowest BCUT2D eigenvalue weighted by Crippen LogP contribution is -2.42. The van der Waals surface area contributed by atoms with Crippen molar-refractivity contribution in [3.05, 3.63) is 59.7 Å². The predicted octanol–water partition coefficient (Wildman–Crippen LogP) is 4.41. The highest BCUT2D eigenvalue weighted by atomic mass is 16.5. The zero-order chi connectivity index (χ0) is 24.4. The van der Waals surface area contributed by atoms with Gasteiger partial charge in [0.2, 0.25) is 5.91 Å². The number of carbonyl (C=O) groups is 3. The summed E-state index contributed by atoms with van der Waals surface area (Å²) >= 11 is 0. The fourth-order valence-electron chi connectivity index (χ4n) is 6.16. The number of benzene rings is 2. The molecule has 2 amide bonds. The van der Waals surface area contributed by atoms with E-state index in [4.69, 9.17) is 4.74 Å². The van der Waals surface area contributed by atoms with Crippen LogP contribution in [0.1, 0.15) is 55.6 Å². The Hall–Kier alpha value is -3.35. The Morgan fingerprint density at radius 1 is 0.971 bits per heavy atom. The number of nitrogens with zero attached hydrogens (tertiary/aromatic N) is 1. The second-order valence-corrected chi connectivity index (χ2v) is 9.91. The Morgan fingerprint density at radius 3 is 2.34 bits per heavy atom. The summed E-state index contributed by atoms with van der Waals surface area (Å²) in [7, 11) is 0. The van der Waals surface area contributed by atoms with Crippen LogP contribution in [0, 0.1) is 11.8 Å². The number of fused-ring (bicyclic) bond motifs is 4. The van der Waals surface area contributed by atoms with Crippen molar-refractivity contribution in [2.45, 2.75) is 50.5 Å². The number of carboxylic acids is 1. The molecule has 1 aliphatic heterocycles. The minimum Gasteiger partial charge on any atom is -0.481 e. The number of nitrogens with one attached hydrogen (secondary N) is 1. The second-order valence-electron chi connectivity index (χ2n) is 9.91. The van der Waals surface area contributed by atoms with Crippen molar-refractivity contribution in [1.29, 1.82) is 0 Å². The highest BCUT2D eigenvalue weighted by Gasteiger charge is 2.42. The Balaban J connectivity index is 1.07. The van der Waals surface area contributed by atoms with Gasteiger partial charge in [0, 0.05) is 31.5 Å². The average molecular weight is 477 g/mol. The van der Waals surface area contributed by atoms with Crippen LogP contribution in [0.2, 0.25) is 0 Å². The zero-order valence-corrected chi connectivity index (χ0v) is 19.8. The van der Waals surface area contributed by atoms with Crippen LogP contribution in [-0.4, -0.2) is 53.7 Å². The van der Waals surface area contributed by atoms with E-state index in [9.17, 15) is 19.5 Å². The molecule has 2 aliphatic carbocycles. The fraction of sp³-hybridized carbons (Fsp3) is 0.464. The van der Waals surface area contributed by atoms with Crippen molar-refractivity contribution >= 4 is 18.0 Å². The molecule has 0 aromatic heterocycles. The van der Waals surface area contributed by atoms with Gasteiger partial charge in [-0.3, -0.25) is 9.59 Å².